The van der Waals surface area contributed by atoms with Crippen molar-refractivity contribution in [2.75, 3.05) is 11.6 Å². The summed E-state index contributed by atoms with van der Waals surface area (Å²) in [4.78, 5) is 17.0. The van der Waals surface area contributed by atoms with Gasteiger partial charge in [-0.2, -0.15) is 0 Å². The molecule has 6 nitrogen and oxygen atoms in total. The largest absolute Gasteiger partial charge is 0.470 e. The molecule has 0 bridgehead atoms. The average Bonchev–Trinajstić information content (AvgIpc) is 3.16. The quantitative estimate of drug-likeness (QED) is 0.634. The van der Waals surface area contributed by atoms with Crippen molar-refractivity contribution in [1.82, 2.24) is 4.98 Å². The van der Waals surface area contributed by atoms with Gasteiger partial charge in [-0.3, -0.25) is 10.1 Å². The molecule has 0 aliphatic carbocycles. The molecular formula is C19H16F2N2O4S2. The molecule has 0 fully saturated rings. The Balaban J connectivity index is 2.03. The Morgan fingerprint density at radius 3 is 2.41 bits per heavy atom. The summed E-state index contributed by atoms with van der Waals surface area (Å²) in [5, 5.41) is 4.55. The minimum atomic E-state index is -3.45. The van der Waals surface area contributed by atoms with Gasteiger partial charge in [-0.05, 0) is 31.2 Å². The number of halogens is 2. The fraction of sp³-hybridized carbons (Fsp3) is 0.158. The number of ether oxygens (including phenoxy) is 1. The van der Waals surface area contributed by atoms with Crippen LogP contribution in [0.3, 0.4) is 0 Å². The number of hydrogen-bond donors (Lipinski definition) is 1. The molecule has 0 radical (unpaired) electrons. The van der Waals surface area contributed by atoms with Crippen LogP contribution in [0.15, 0.2) is 58.9 Å². The predicted molar refractivity (Wildman–Crippen MR) is 105 cm³/mol. The van der Waals surface area contributed by atoms with Crippen molar-refractivity contribution in [3.8, 4) is 5.75 Å². The molecule has 1 amide bonds. The molecule has 2 aromatic carbocycles. The monoisotopic (exact) mass is 438 g/mol. The number of nitrogens with zero attached hydrogens (tertiary/aromatic N) is 1. The van der Waals surface area contributed by atoms with Crippen molar-refractivity contribution >= 4 is 32.2 Å². The summed E-state index contributed by atoms with van der Waals surface area (Å²) in [6.45, 7) is 1.40. The Kier molecular flexibility index (Phi) is 5.67. The number of benzene rings is 2. The lowest BCUT2D eigenvalue weighted by Gasteiger charge is -2.30. The highest BCUT2D eigenvalue weighted by atomic mass is 32.2. The number of thiazole rings is 1. The first kappa shape index (κ1) is 20.9. The number of nitrogens with one attached hydrogen (secondary N) is 1. The molecule has 1 aromatic heterocycles. The van der Waals surface area contributed by atoms with Gasteiger partial charge in [0.05, 0.1) is 4.90 Å². The molecule has 1 unspecified atom stereocenters. The number of carbonyl (C=O) groups is 1. The normalized spacial score (nSPS) is 13.5. The molecule has 0 spiro atoms. The van der Waals surface area contributed by atoms with Gasteiger partial charge in [-0.25, -0.2) is 22.2 Å². The van der Waals surface area contributed by atoms with Crippen LogP contribution in [-0.2, 0) is 20.2 Å². The summed E-state index contributed by atoms with van der Waals surface area (Å²) in [6, 6.07) is 8.17. The van der Waals surface area contributed by atoms with Gasteiger partial charge in [0.25, 0.3) is 5.91 Å². The van der Waals surface area contributed by atoms with Crippen LogP contribution < -0.4 is 10.1 Å². The molecule has 3 rings (SSSR count). The minimum absolute atomic E-state index is 0.0527. The summed E-state index contributed by atoms with van der Waals surface area (Å²) in [7, 11) is -3.45. The molecule has 0 aliphatic heterocycles. The lowest BCUT2D eigenvalue weighted by atomic mass is 9.94. The van der Waals surface area contributed by atoms with Crippen LogP contribution in [0, 0.1) is 11.6 Å². The van der Waals surface area contributed by atoms with Crippen LogP contribution in [0.2, 0.25) is 0 Å². The number of amides is 1. The van der Waals surface area contributed by atoms with E-state index < -0.39 is 33.0 Å². The van der Waals surface area contributed by atoms with Crippen molar-refractivity contribution in [3.05, 3.63) is 71.2 Å². The van der Waals surface area contributed by atoms with Crippen LogP contribution in [0.5, 0.6) is 5.75 Å². The highest BCUT2D eigenvalue weighted by molar-refractivity contribution is 7.90. The molecule has 1 atom stereocenters. The van der Waals surface area contributed by atoms with E-state index in [0.717, 1.165) is 18.4 Å². The number of sulfone groups is 1. The van der Waals surface area contributed by atoms with Gasteiger partial charge < -0.3 is 4.74 Å². The maximum atomic E-state index is 14.2. The molecule has 0 aliphatic rings. The van der Waals surface area contributed by atoms with E-state index in [4.69, 9.17) is 4.74 Å². The number of hydrogen-bond acceptors (Lipinski definition) is 6. The second kappa shape index (κ2) is 7.88. The highest BCUT2D eigenvalue weighted by Crippen LogP contribution is 2.32. The molecule has 1 N–H and O–H groups in total. The van der Waals surface area contributed by atoms with E-state index in [1.165, 1.54) is 48.7 Å². The first-order chi connectivity index (χ1) is 13.6. The Morgan fingerprint density at radius 2 is 1.86 bits per heavy atom. The smallest absolute Gasteiger partial charge is 0.274 e. The van der Waals surface area contributed by atoms with Crippen molar-refractivity contribution < 1.29 is 26.7 Å². The van der Waals surface area contributed by atoms with E-state index in [9.17, 15) is 22.0 Å². The lowest BCUT2D eigenvalue weighted by Crippen LogP contribution is -2.43. The zero-order chi connectivity index (χ0) is 21.2. The van der Waals surface area contributed by atoms with Gasteiger partial charge in [0.2, 0.25) is 5.60 Å². The third kappa shape index (κ3) is 4.60. The molecule has 10 heteroatoms. The fourth-order valence-corrected chi connectivity index (χ4v) is 3.69. The number of aromatic nitrogens is 1. The highest BCUT2D eigenvalue weighted by Gasteiger charge is 2.39. The second-order valence-corrected chi connectivity index (χ2v) is 9.21. The molecule has 0 saturated carbocycles. The summed E-state index contributed by atoms with van der Waals surface area (Å²) in [5.74, 6) is -2.77. The minimum Gasteiger partial charge on any atom is -0.470 e. The first-order valence-corrected chi connectivity index (χ1v) is 11.0. The molecule has 1 heterocycles. The van der Waals surface area contributed by atoms with E-state index in [1.807, 2.05) is 0 Å². The summed E-state index contributed by atoms with van der Waals surface area (Å²) in [5.41, 5.74) is -1.50. The van der Waals surface area contributed by atoms with Gasteiger partial charge >= 0.3 is 0 Å². The Hall–Kier alpha value is -2.85. The standard InChI is InChI=1S/C19H16F2N2O4S2/c1-19(17(24)23-18-22-9-10-28-18,27-16-8-5-13(20)11-15(16)21)12-3-6-14(7-4-12)29(2,25)26/h3-11H,1-2H3,(H,22,23,24). The van der Waals surface area contributed by atoms with Crippen LogP contribution in [0.25, 0.3) is 0 Å². The van der Waals surface area contributed by atoms with E-state index in [-0.39, 0.29) is 16.2 Å². The van der Waals surface area contributed by atoms with Crippen molar-refractivity contribution in [2.45, 2.75) is 17.4 Å². The predicted octanol–water partition coefficient (Wildman–Crippen LogP) is 3.76. The summed E-state index contributed by atoms with van der Waals surface area (Å²) in [6.07, 6.45) is 2.56. The third-order valence-corrected chi connectivity index (χ3v) is 5.94. The van der Waals surface area contributed by atoms with E-state index in [2.05, 4.69) is 10.3 Å². The van der Waals surface area contributed by atoms with E-state index in [0.29, 0.717) is 11.2 Å². The Labute approximate surface area is 170 Å². The number of anilines is 1. The second-order valence-electron chi connectivity index (χ2n) is 6.30. The van der Waals surface area contributed by atoms with Gasteiger partial charge in [0.1, 0.15) is 5.82 Å². The molecule has 152 valence electrons. The lowest BCUT2D eigenvalue weighted by molar-refractivity contribution is -0.130. The number of carbonyl (C=O) groups excluding carboxylic acids is 1. The van der Waals surface area contributed by atoms with Gasteiger partial charge in [0, 0.05) is 29.5 Å². The summed E-state index contributed by atoms with van der Waals surface area (Å²) >= 11 is 1.18. The SMILES string of the molecule is CC(Oc1ccc(F)cc1F)(C(=O)Nc1nccs1)c1ccc(S(C)(=O)=O)cc1. The average molecular weight is 438 g/mol. The van der Waals surface area contributed by atoms with Gasteiger partial charge in [-0.1, -0.05) is 12.1 Å². The summed E-state index contributed by atoms with van der Waals surface area (Å²) < 4.78 is 56.5. The first-order valence-electron chi connectivity index (χ1n) is 8.25. The van der Waals surface area contributed by atoms with Crippen molar-refractivity contribution in [2.24, 2.45) is 0 Å². The molecule has 0 saturated heterocycles. The van der Waals surface area contributed by atoms with E-state index in [1.54, 1.807) is 5.38 Å². The van der Waals surface area contributed by atoms with Gasteiger partial charge in [-0.15, -0.1) is 11.3 Å². The van der Waals surface area contributed by atoms with Gasteiger partial charge in [0.15, 0.2) is 26.5 Å². The van der Waals surface area contributed by atoms with Crippen molar-refractivity contribution in [1.29, 1.82) is 0 Å². The molecule has 29 heavy (non-hydrogen) atoms. The fourth-order valence-electron chi connectivity index (χ4n) is 2.54. The Bertz CT molecular complexity index is 1130. The van der Waals surface area contributed by atoms with Crippen LogP contribution >= 0.6 is 11.3 Å². The number of rotatable bonds is 6. The third-order valence-electron chi connectivity index (χ3n) is 4.13. The van der Waals surface area contributed by atoms with Crippen LogP contribution in [0.4, 0.5) is 13.9 Å². The molecule has 3 aromatic rings. The van der Waals surface area contributed by atoms with E-state index >= 15 is 0 Å². The van der Waals surface area contributed by atoms with Crippen molar-refractivity contribution in [3.63, 3.8) is 0 Å². The zero-order valence-electron chi connectivity index (χ0n) is 15.3. The maximum absolute atomic E-state index is 14.2. The topological polar surface area (TPSA) is 85.4 Å². The maximum Gasteiger partial charge on any atom is 0.274 e. The molecular weight excluding hydrogens is 422 g/mol. The van der Waals surface area contributed by atoms with Crippen LogP contribution in [-0.4, -0.2) is 25.6 Å². The van der Waals surface area contributed by atoms with Crippen LogP contribution in [0.1, 0.15) is 12.5 Å². The zero-order valence-corrected chi connectivity index (χ0v) is 17.0. The Morgan fingerprint density at radius 1 is 1.17 bits per heavy atom.